The van der Waals surface area contributed by atoms with E-state index in [9.17, 15) is 0 Å². The molecule has 1 aromatic carbocycles. The van der Waals surface area contributed by atoms with Crippen molar-refractivity contribution in [1.29, 1.82) is 0 Å². The van der Waals surface area contributed by atoms with Crippen LogP contribution in [0.25, 0.3) is 0 Å². The second-order valence-corrected chi connectivity index (χ2v) is 5.81. The predicted octanol–water partition coefficient (Wildman–Crippen LogP) is 4.08. The highest BCUT2D eigenvalue weighted by Gasteiger charge is 2.30. The molecule has 1 nitrogen and oxygen atoms in total. The summed E-state index contributed by atoms with van der Waals surface area (Å²) in [5.41, 5.74) is 1.48. The van der Waals surface area contributed by atoms with Gasteiger partial charge in [0.1, 0.15) is 0 Å². The van der Waals surface area contributed by atoms with Crippen LogP contribution in [0.15, 0.2) is 28.7 Å². The zero-order valence-corrected chi connectivity index (χ0v) is 11.6. The number of hydrogen-bond donors (Lipinski definition) is 1. The van der Waals surface area contributed by atoms with Gasteiger partial charge in [-0.3, -0.25) is 0 Å². The Morgan fingerprint density at radius 2 is 2.19 bits per heavy atom. The lowest BCUT2D eigenvalue weighted by molar-refractivity contribution is 0.267. The Morgan fingerprint density at radius 1 is 1.44 bits per heavy atom. The van der Waals surface area contributed by atoms with Crippen molar-refractivity contribution in [3.05, 3.63) is 34.3 Å². The number of hydrogen-bond acceptors (Lipinski definition) is 1. The summed E-state index contributed by atoms with van der Waals surface area (Å²) in [7, 11) is 0. The van der Waals surface area contributed by atoms with E-state index in [1.54, 1.807) is 0 Å². The summed E-state index contributed by atoms with van der Waals surface area (Å²) in [6.45, 7) is 4.51. The maximum Gasteiger partial charge on any atom is 0.0178 e. The number of benzene rings is 1. The molecular weight excluding hydrogens is 262 g/mol. The Balaban J connectivity index is 1.84. The smallest absolute Gasteiger partial charge is 0.0178 e. The predicted molar refractivity (Wildman–Crippen MR) is 72.8 cm³/mol. The molecule has 0 saturated heterocycles. The third-order valence-corrected chi connectivity index (χ3v) is 4.08. The van der Waals surface area contributed by atoms with Crippen molar-refractivity contribution < 1.29 is 0 Å². The largest absolute Gasteiger partial charge is 0.311 e. The molecule has 2 rings (SSSR count). The van der Waals surface area contributed by atoms with Crippen molar-refractivity contribution in [3.63, 3.8) is 0 Å². The molecule has 1 atom stereocenters. The first-order valence-corrected chi connectivity index (χ1v) is 7.00. The molecule has 0 aromatic heterocycles. The SMILES string of the molecule is CCC(C)NC1CC(c2cccc(Br)c2)C1. The van der Waals surface area contributed by atoms with E-state index in [0.29, 0.717) is 6.04 Å². The minimum Gasteiger partial charge on any atom is -0.311 e. The van der Waals surface area contributed by atoms with Gasteiger partial charge in [-0.2, -0.15) is 0 Å². The van der Waals surface area contributed by atoms with E-state index in [-0.39, 0.29) is 0 Å². The van der Waals surface area contributed by atoms with E-state index in [1.165, 1.54) is 29.3 Å². The first-order chi connectivity index (χ1) is 7.69. The van der Waals surface area contributed by atoms with E-state index in [2.05, 4.69) is 59.4 Å². The summed E-state index contributed by atoms with van der Waals surface area (Å²) in [6.07, 6.45) is 3.81. The third kappa shape index (κ3) is 2.86. The van der Waals surface area contributed by atoms with Crippen LogP contribution in [0.5, 0.6) is 0 Å². The Bertz CT molecular complexity index is 344. The summed E-state index contributed by atoms with van der Waals surface area (Å²) in [5.74, 6) is 0.763. The highest BCUT2D eigenvalue weighted by atomic mass is 79.9. The van der Waals surface area contributed by atoms with Crippen LogP contribution in [0.1, 0.15) is 44.6 Å². The van der Waals surface area contributed by atoms with Crippen LogP contribution in [0.3, 0.4) is 0 Å². The van der Waals surface area contributed by atoms with E-state index in [0.717, 1.165) is 12.0 Å². The lowest BCUT2D eigenvalue weighted by atomic mass is 9.75. The van der Waals surface area contributed by atoms with Crippen LogP contribution in [-0.4, -0.2) is 12.1 Å². The zero-order chi connectivity index (χ0) is 11.5. The van der Waals surface area contributed by atoms with Gasteiger partial charge in [-0.25, -0.2) is 0 Å². The van der Waals surface area contributed by atoms with Gasteiger partial charge < -0.3 is 5.32 Å². The maximum absolute atomic E-state index is 3.67. The van der Waals surface area contributed by atoms with Crippen molar-refractivity contribution in [2.24, 2.45) is 0 Å². The van der Waals surface area contributed by atoms with Crippen molar-refractivity contribution in [3.8, 4) is 0 Å². The summed E-state index contributed by atoms with van der Waals surface area (Å²) in [5, 5.41) is 3.67. The molecular formula is C14H20BrN. The summed E-state index contributed by atoms with van der Waals surface area (Å²) < 4.78 is 1.20. The van der Waals surface area contributed by atoms with Gasteiger partial charge in [-0.15, -0.1) is 0 Å². The second-order valence-electron chi connectivity index (χ2n) is 4.90. The van der Waals surface area contributed by atoms with Gasteiger partial charge in [0.25, 0.3) is 0 Å². The van der Waals surface area contributed by atoms with Crippen LogP contribution >= 0.6 is 15.9 Å². The van der Waals surface area contributed by atoms with Crippen LogP contribution < -0.4 is 5.32 Å². The first-order valence-electron chi connectivity index (χ1n) is 6.20. The van der Waals surface area contributed by atoms with Gasteiger partial charge in [0.2, 0.25) is 0 Å². The van der Waals surface area contributed by atoms with Gasteiger partial charge in [-0.05, 0) is 49.8 Å². The summed E-state index contributed by atoms with van der Waals surface area (Å²) in [4.78, 5) is 0. The van der Waals surface area contributed by atoms with E-state index in [1.807, 2.05) is 0 Å². The topological polar surface area (TPSA) is 12.0 Å². The van der Waals surface area contributed by atoms with E-state index < -0.39 is 0 Å². The second kappa shape index (κ2) is 5.33. The quantitative estimate of drug-likeness (QED) is 0.877. The van der Waals surface area contributed by atoms with Crippen LogP contribution in [-0.2, 0) is 0 Å². The van der Waals surface area contributed by atoms with Crippen molar-refractivity contribution in [2.45, 2.75) is 51.1 Å². The summed E-state index contributed by atoms with van der Waals surface area (Å²) in [6, 6.07) is 10.1. The molecule has 2 heteroatoms. The first kappa shape index (κ1) is 12.1. The Hall–Kier alpha value is -0.340. The fourth-order valence-corrected chi connectivity index (χ4v) is 2.72. The molecule has 0 aliphatic heterocycles. The Morgan fingerprint density at radius 3 is 2.81 bits per heavy atom. The Labute approximate surface area is 107 Å². The van der Waals surface area contributed by atoms with Crippen molar-refractivity contribution in [1.82, 2.24) is 5.32 Å². The fraction of sp³-hybridized carbons (Fsp3) is 0.571. The molecule has 1 aromatic rings. The molecule has 1 saturated carbocycles. The Kier molecular flexibility index (Phi) is 4.04. The molecule has 16 heavy (non-hydrogen) atoms. The molecule has 0 radical (unpaired) electrons. The van der Waals surface area contributed by atoms with Gasteiger partial charge in [0.15, 0.2) is 0 Å². The standard InChI is InChI=1S/C14H20BrN/c1-3-10(2)16-14-8-12(9-14)11-5-4-6-13(15)7-11/h4-7,10,12,14,16H,3,8-9H2,1-2H3. The molecule has 1 fully saturated rings. The van der Waals surface area contributed by atoms with Gasteiger partial charge in [0, 0.05) is 16.6 Å². The van der Waals surface area contributed by atoms with E-state index in [4.69, 9.17) is 0 Å². The zero-order valence-electron chi connectivity index (χ0n) is 10.0. The molecule has 1 aliphatic carbocycles. The molecule has 1 N–H and O–H groups in total. The van der Waals surface area contributed by atoms with Crippen LogP contribution in [0.4, 0.5) is 0 Å². The normalized spacial score (nSPS) is 26.2. The number of rotatable bonds is 4. The lowest BCUT2D eigenvalue weighted by Crippen LogP contribution is -2.44. The maximum atomic E-state index is 3.67. The van der Waals surface area contributed by atoms with Crippen LogP contribution in [0, 0.1) is 0 Å². The van der Waals surface area contributed by atoms with Crippen molar-refractivity contribution >= 4 is 15.9 Å². The molecule has 0 bridgehead atoms. The number of nitrogens with one attached hydrogen (secondary N) is 1. The lowest BCUT2D eigenvalue weighted by Gasteiger charge is -2.38. The molecule has 88 valence electrons. The highest BCUT2D eigenvalue weighted by Crippen LogP contribution is 2.37. The van der Waals surface area contributed by atoms with Crippen molar-refractivity contribution in [2.75, 3.05) is 0 Å². The van der Waals surface area contributed by atoms with Crippen LogP contribution in [0.2, 0.25) is 0 Å². The van der Waals surface area contributed by atoms with Gasteiger partial charge >= 0.3 is 0 Å². The fourth-order valence-electron chi connectivity index (χ4n) is 2.31. The monoisotopic (exact) mass is 281 g/mol. The number of halogens is 1. The minimum absolute atomic E-state index is 0.661. The average Bonchev–Trinajstić information content (AvgIpc) is 2.22. The highest BCUT2D eigenvalue weighted by molar-refractivity contribution is 9.10. The average molecular weight is 282 g/mol. The van der Waals surface area contributed by atoms with Gasteiger partial charge in [0.05, 0.1) is 0 Å². The molecule has 0 amide bonds. The third-order valence-electron chi connectivity index (χ3n) is 3.59. The summed E-state index contributed by atoms with van der Waals surface area (Å²) >= 11 is 3.53. The molecule has 0 spiro atoms. The minimum atomic E-state index is 0.661. The molecule has 0 heterocycles. The molecule has 1 unspecified atom stereocenters. The van der Waals surface area contributed by atoms with E-state index >= 15 is 0 Å². The molecule has 1 aliphatic rings. The van der Waals surface area contributed by atoms with Gasteiger partial charge in [-0.1, -0.05) is 35.0 Å².